The molecule has 17 heavy (non-hydrogen) atoms. The largest absolute Gasteiger partial charge is 0.417 e. The SMILES string of the molecule is FC(F)(F)c1cc(Br)ccc1-c1nnc(I)s1. The molecule has 8 heteroatoms. The van der Waals surface area contributed by atoms with E-state index in [0.29, 0.717) is 7.49 Å². The fourth-order valence-corrected chi connectivity index (χ4v) is 2.96. The Labute approximate surface area is 121 Å². The fourth-order valence-electron chi connectivity index (χ4n) is 1.25. The molecule has 2 rings (SSSR count). The molecule has 0 amide bonds. The average Bonchev–Trinajstić information content (AvgIpc) is 2.63. The summed E-state index contributed by atoms with van der Waals surface area (Å²) in [6.07, 6.45) is -4.41. The van der Waals surface area contributed by atoms with E-state index < -0.39 is 11.7 Å². The first-order valence-electron chi connectivity index (χ1n) is 4.24. The van der Waals surface area contributed by atoms with Crippen LogP contribution in [-0.4, -0.2) is 10.2 Å². The highest BCUT2D eigenvalue weighted by Crippen LogP contribution is 2.39. The molecule has 90 valence electrons. The van der Waals surface area contributed by atoms with Gasteiger partial charge in [0, 0.05) is 10.0 Å². The summed E-state index contributed by atoms with van der Waals surface area (Å²) in [6, 6.07) is 3.99. The molecule has 0 atom stereocenters. The van der Waals surface area contributed by atoms with Crippen molar-refractivity contribution >= 4 is 49.9 Å². The van der Waals surface area contributed by atoms with Crippen molar-refractivity contribution < 1.29 is 13.2 Å². The van der Waals surface area contributed by atoms with Gasteiger partial charge in [-0.05, 0) is 34.7 Å². The van der Waals surface area contributed by atoms with Gasteiger partial charge >= 0.3 is 6.18 Å². The average molecular weight is 435 g/mol. The van der Waals surface area contributed by atoms with Crippen molar-refractivity contribution in [1.29, 1.82) is 0 Å². The van der Waals surface area contributed by atoms with Crippen LogP contribution in [0.4, 0.5) is 13.2 Å². The molecule has 0 saturated heterocycles. The summed E-state index contributed by atoms with van der Waals surface area (Å²) in [5, 5.41) is 7.72. The second-order valence-electron chi connectivity index (χ2n) is 3.05. The molecule has 0 aliphatic heterocycles. The first-order valence-corrected chi connectivity index (χ1v) is 6.93. The van der Waals surface area contributed by atoms with E-state index in [1.54, 1.807) is 6.07 Å². The van der Waals surface area contributed by atoms with Gasteiger partial charge in [0.2, 0.25) is 0 Å². The Morgan fingerprint density at radius 3 is 2.47 bits per heavy atom. The lowest BCUT2D eigenvalue weighted by molar-refractivity contribution is -0.137. The number of alkyl halides is 3. The smallest absolute Gasteiger partial charge is 0.166 e. The maximum Gasteiger partial charge on any atom is 0.417 e. The Morgan fingerprint density at radius 2 is 1.94 bits per heavy atom. The lowest BCUT2D eigenvalue weighted by atomic mass is 10.1. The minimum Gasteiger partial charge on any atom is -0.166 e. The maximum absolute atomic E-state index is 12.9. The Morgan fingerprint density at radius 1 is 1.24 bits per heavy atom. The number of benzene rings is 1. The maximum atomic E-state index is 12.9. The third-order valence-corrected chi connectivity index (χ3v) is 4.03. The number of nitrogens with zero attached hydrogens (tertiary/aromatic N) is 2. The summed E-state index contributed by atoms with van der Waals surface area (Å²) in [5.41, 5.74) is -0.652. The van der Waals surface area contributed by atoms with Gasteiger partial charge in [-0.25, -0.2) is 0 Å². The molecule has 0 spiro atoms. The molecular formula is C9H3BrF3IN2S. The zero-order valence-electron chi connectivity index (χ0n) is 7.92. The Kier molecular flexibility index (Phi) is 3.74. The van der Waals surface area contributed by atoms with Gasteiger partial charge in [0.15, 0.2) is 3.01 Å². The van der Waals surface area contributed by atoms with Gasteiger partial charge in [-0.2, -0.15) is 13.2 Å². The van der Waals surface area contributed by atoms with Gasteiger partial charge in [-0.1, -0.05) is 33.3 Å². The highest BCUT2D eigenvalue weighted by molar-refractivity contribution is 14.1. The molecule has 1 aromatic carbocycles. The van der Waals surface area contributed by atoms with E-state index in [2.05, 4.69) is 26.1 Å². The quantitative estimate of drug-likeness (QED) is 0.613. The lowest BCUT2D eigenvalue weighted by Gasteiger charge is -2.11. The van der Waals surface area contributed by atoms with E-state index in [-0.39, 0.29) is 10.6 Å². The predicted molar refractivity (Wildman–Crippen MR) is 70.8 cm³/mol. The van der Waals surface area contributed by atoms with Gasteiger partial charge in [0.05, 0.1) is 5.56 Å². The van der Waals surface area contributed by atoms with Crippen molar-refractivity contribution in [2.24, 2.45) is 0 Å². The van der Waals surface area contributed by atoms with E-state index in [1.807, 2.05) is 22.6 Å². The Hall–Kier alpha value is -0.220. The molecule has 2 nitrogen and oxygen atoms in total. The van der Waals surface area contributed by atoms with Gasteiger partial charge in [0.1, 0.15) is 5.01 Å². The summed E-state index contributed by atoms with van der Waals surface area (Å²) in [7, 11) is 0. The summed E-state index contributed by atoms with van der Waals surface area (Å²) in [5.74, 6) is 0. The van der Waals surface area contributed by atoms with Crippen LogP contribution in [0.15, 0.2) is 22.7 Å². The van der Waals surface area contributed by atoms with E-state index in [4.69, 9.17) is 0 Å². The Bertz CT molecular complexity index is 555. The van der Waals surface area contributed by atoms with E-state index in [1.165, 1.54) is 6.07 Å². The molecule has 0 N–H and O–H groups in total. The molecule has 0 bridgehead atoms. The zero-order valence-corrected chi connectivity index (χ0v) is 12.5. The van der Waals surface area contributed by atoms with Crippen LogP contribution in [0.25, 0.3) is 10.6 Å². The molecule has 0 saturated carbocycles. The minimum atomic E-state index is -4.41. The van der Waals surface area contributed by atoms with Gasteiger partial charge in [-0.3, -0.25) is 0 Å². The van der Waals surface area contributed by atoms with Crippen LogP contribution in [0.3, 0.4) is 0 Å². The molecule has 1 heterocycles. The fraction of sp³-hybridized carbons (Fsp3) is 0.111. The highest BCUT2D eigenvalue weighted by atomic mass is 127. The van der Waals surface area contributed by atoms with E-state index >= 15 is 0 Å². The highest BCUT2D eigenvalue weighted by Gasteiger charge is 2.34. The predicted octanol–water partition coefficient (Wildman–Crippen LogP) is 4.59. The molecular weight excluding hydrogens is 432 g/mol. The second-order valence-corrected chi connectivity index (χ2v) is 6.69. The first kappa shape index (κ1) is 13.2. The van der Waals surface area contributed by atoms with Crippen LogP contribution in [0, 0.1) is 3.01 Å². The van der Waals surface area contributed by atoms with Crippen molar-refractivity contribution in [3.8, 4) is 10.6 Å². The normalized spacial score (nSPS) is 11.8. The molecule has 0 radical (unpaired) electrons. The first-order chi connectivity index (χ1) is 7.88. The standard InChI is InChI=1S/C9H3BrF3IN2S/c10-4-1-2-5(6(3-4)9(11,12)13)7-15-16-8(14)17-7/h1-3H. The van der Waals surface area contributed by atoms with E-state index in [0.717, 1.165) is 17.4 Å². The molecule has 0 unspecified atom stereocenters. The van der Waals surface area contributed by atoms with Crippen LogP contribution < -0.4 is 0 Å². The van der Waals surface area contributed by atoms with Crippen LogP contribution in [0.5, 0.6) is 0 Å². The van der Waals surface area contributed by atoms with Crippen molar-refractivity contribution in [2.45, 2.75) is 6.18 Å². The monoisotopic (exact) mass is 434 g/mol. The second kappa shape index (κ2) is 4.81. The topological polar surface area (TPSA) is 25.8 Å². The van der Waals surface area contributed by atoms with Crippen molar-refractivity contribution in [2.75, 3.05) is 0 Å². The number of aromatic nitrogens is 2. The van der Waals surface area contributed by atoms with Gasteiger partial charge < -0.3 is 0 Å². The van der Waals surface area contributed by atoms with Crippen LogP contribution in [0.1, 0.15) is 5.56 Å². The van der Waals surface area contributed by atoms with Crippen LogP contribution in [0.2, 0.25) is 0 Å². The van der Waals surface area contributed by atoms with Crippen molar-refractivity contribution in [3.05, 3.63) is 31.2 Å². The third kappa shape index (κ3) is 2.97. The zero-order chi connectivity index (χ0) is 12.6. The number of rotatable bonds is 1. The van der Waals surface area contributed by atoms with E-state index in [9.17, 15) is 13.2 Å². The number of halogens is 5. The molecule has 0 aliphatic carbocycles. The summed E-state index contributed by atoms with van der Waals surface area (Å²) in [6.45, 7) is 0. The molecule has 0 aliphatic rings. The summed E-state index contributed by atoms with van der Waals surface area (Å²) < 4.78 is 39.6. The summed E-state index contributed by atoms with van der Waals surface area (Å²) >= 11 is 6.08. The lowest BCUT2D eigenvalue weighted by Crippen LogP contribution is -2.07. The van der Waals surface area contributed by atoms with Crippen molar-refractivity contribution in [3.63, 3.8) is 0 Å². The number of hydrogen-bond donors (Lipinski definition) is 0. The number of hydrogen-bond acceptors (Lipinski definition) is 3. The summed E-state index contributed by atoms with van der Waals surface area (Å²) in [4.78, 5) is 0. The Balaban J connectivity index is 2.61. The van der Waals surface area contributed by atoms with Crippen LogP contribution in [-0.2, 0) is 6.18 Å². The van der Waals surface area contributed by atoms with Gasteiger partial charge in [-0.15, -0.1) is 10.2 Å². The minimum absolute atomic E-state index is 0.0566. The molecule has 1 aromatic heterocycles. The van der Waals surface area contributed by atoms with Crippen molar-refractivity contribution in [1.82, 2.24) is 10.2 Å². The third-order valence-electron chi connectivity index (χ3n) is 1.92. The molecule has 2 aromatic rings. The molecule has 0 fully saturated rings. The van der Waals surface area contributed by atoms with Gasteiger partial charge in [0.25, 0.3) is 0 Å². The van der Waals surface area contributed by atoms with Crippen LogP contribution >= 0.6 is 49.9 Å².